The average Bonchev–Trinajstić information content (AvgIpc) is 2.91. The first-order chi connectivity index (χ1) is 10.2. The van der Waals surface area contributed by atoms with E-state index in [4.69, 9.17) is 4.74 Å². The maximum Gasteiger partial charge on any atom is 0.323 e. The van der Waals surface area contributed by atoms with Gasteiger partial charge in [-0.3, -0.25) is 0 Å². The highest BCUT2D eigenvalue weighted by atomic mass is 32.1. The molecule has 2 aromatic heterocycles. The number of aromatic nitrogens is 3. The first-order valence-corrected chi connectivity index (χ1v) is 8.03. The van der Waals surface area contributed by atoms with Gasteiger partial charge in [-0.05, 0) is 49.6 Å². The summed E-state index contributed by atoms with van der Waals surface area (Å²) in [5.74, 6) is 1.06. The van der Waals surface area contributed by atoms with Crippen LogP contribution in [-0.4, -0.2) is 34.1 Å². The van der Waals surface area contributed by atoms with Crippen molar-refractivity contribution in [1.29, 1.82) is 0 Å². The minimum atomic E-state index is 0.0283. The normalized spacial score (nSPS) is 10.7. The lowest BCUT2D eigenvalue weighted by atomic mass is 10.2. The van der Waals surface area contributed by atoms with Gasteiger partial charge in [0.2, 0.25) is 11.9 Å². The number of thiophene rings is 1. The number of hydrogen-bond acceptors (Lipinski definition) is 7. The smallest absolute Gasteiger partial charge is 0.323 e. The Morgan fingerprint density at radius 3 is 2.57 bits per heavy atom. The third kappa shape index (κ3) is 5.18. The number of anilines is 2. The lowest BCUT2D eigenvalue weighted by molar-refractivity contribution is 0.222. The molecule has 0 aliphatic carbocycles. The van der Waals surface area contributed by atoms with E-state index in [1.54, 1.807) is 11.3 Å². The number of ether oxygens (including phenoxy) is 1. The Hall–Kier alpha value is -1.89. The van der Waals surface area contributed by atoms with E-state index >= 15 is 0 Å². The van der Waals surface area contributed by atoms with Crippen molar-refractivity contribution in [3.63, 3.8) is 0 Å². The van der Waals surface area contributed by atoms with Crippen LogP contribution in [0.2, 0.25) is 0 Å². The molecule has 21 heavy (non-hydrogen) atoms. The van der Waals surface area contributed by atoms with E-state index in [1.807, 2.05) is 20.8 Å². The molecule has 0 aromatic carbocycles. The van der Waals surface area contributed by atoms with E-state index in [-0.39, 0.29) is 6.10 Å². The number of hydrogen-bond donors (Lipinski definition) is 2. The van der Waals surface area contributed by atoms with Crippen LogP contribution < -0.4 is 15.4 Å². The monoisotopic (exact) mass is 307 g/mol. The van der Waals surface area contributed by atoms with Gasteiger partial charge in [-0.15, -0.1) is 0 Å². The van der Waals surface area contributed by atoms with Crippen LogP contribution in [0.1, 0.15) is 26.3 Å². The highest BCUT2D eigenvalue weighted by Gasteiger charge is 2.08. The molecule has 0 spiro atoms. The Kier molecular flexibility index (Phi) is 5.74. The standard InChI is InChI=1S/C14H21N5OS/c1-4-15-12-17-13(19-14(18-12)20-10(2)3)16-7-5-11-6-8-21-9-11/h6,8-10H,4-5,7H2,1-3H3,(H2,15,16,17,18,19). The van der Waals surface area contributed by atoms with Gasteiger partial charge in [-0.2, -0.15) is 26.3 Å². The van der Waals surface area contributed by atoms with Gasteiger partial charge < -0.3 is 15.4 Å². The summed E-state index contributed by atoms with van der Waals surface area (Å²) in [7, 11) is 0. The van der Waals surface area contributed by atoms with Gasteiger partial charge >= 0.3 is 6.01 Å². The fraction of sp³-hybridized carbons (Fsp3) is 0.500. The molecule has 7 heteroatoms. The van der Waals surface area contributed by atoms with Crippen LogP contribution >= 0.6 is 11.3 Å². The molecule has 0 saturated heterocycles. The summed E-state index contributed by atoms with van der Waals surface area (Å²) in [6.07, 6.45) is 0.965. The largest absolute Gasteiger partial charge is 0.461 e. The Morgan fingerprint density at radius 2 is 1.95 bits per heavy atom. The van der Waals surface area contributed by atoms with Crippen molar-refractivity contribution in [2.75, 3.05) is 23.7 Å². The van der Waals surface area contributed by atoms with Gasteiger partial charge in [0.1, 0.15) is 0 Å². The van der Waals surface area contributed by atoms with Crippen LogP contribution in [0.5, 0.6) is 6.01 Å². The fourth-order valence-electron chi connectivity index (χ4n) is 1.69. The average molecular weight is 307 g/mol. The maximum absolute atomic E-state index is 5.55. The second-order valence-electron chi connectivity index (χ2n) is 4.77. The zero-order chi connectivity index (χ0) is 15.1. The lowest BCUT2D eigenvalue weighted by Crippen LogP contribution is -2.14. The van der Waals surface area contributed by atoms with Crippen molar-refractivity contribution >= 4 is 23.2 Å². The molecule has 0 aliphatic heterocycles. The van der Waals surface area contributed by atoms with Crippen LogP contribution in [0.15, 0.2) is 16.8 Å². The summed E-state index contributed by atoms with van der Waals surface area (Å²) in [5.41, 5.74) is 1.31. The molecule has 2 N–H and O–H groups in total. The summed E-state index contributed by atoms with van der Waals surface area (Å²) < 4.78 is 5.55. The van der Waals surface area contributed by atoms with Crippen molar-refractivity contribution in [2.24, 2.45) is 0 Å². The van der Waals surface area contributed by atoms with Gasteiger partial charge in [0.05, 0.1) is 6.10 Å². The van der Waals surface area contributed by atoms with Crippen molar-refractivity contribution in [3.05, 3.63) is 22.4 Å². The summed E-state index contributed by atoms with van der Waals surface area (Å²) in [6.45, 7) is 7.41. The first-order valence-electron chi connectivity index (χ1n) is 7.09. The minimum Gasteiger partial charge on any atom is -0.461 e. The van der Waals surface area contributed by atoms with Crippen LogP contribution in [-0.2, 0) is 6.42 Å². The van der Waals surface area contributed by atoms with Gasteiger partial charge in [-0.1, -0.05) is 0 Å². The molecule has 2 heterocycles. The fourth-order valence-corrected chi connectivity index (χ4v) is 2.39. The highest BCUT2D eigenvalue weighted by Crippen LogP contribution is 2.13. The third-order valence-electron chi connectivity index (χ3n) is 2.57. The molecule has 6 nitrogen and oxygen atoms in total. The van der Waals surface area contributed by atoms with Gasteiger partial charge in [0, 0.05) is 13.1 Å². The van der Waals surface area contributed by atoms with Gasteiger partial charge in [0.25, 0.3) is 0 Å². The van der Waals surface area contributed by atoms with E-state index in [2.05, 4.69) is 42.4 Å². The highest BCUT2D eigenvalue weighted by molar-refractivity contribution is 7.07. The Morgan fingerprint density at radius 1 is 1.19 bits per heavy atom. The van der Waals surface area contributed by atoms with E-state index in [0.717, 1.165) is 19.5 Å². The van der Waals surface area contributed by atoms with Crippen molar-refractivity contribution < 1.29 is 4.74 Å². The number of rotatable bonds is 8. The SMILES string of the molecule is CCNc1nc(NCCc2ccsc2)nc(OC(C)C)n1. The predicted molar refractivity (Wildman–Crippen MR) is 86.3 cm³/mol. The van der Waals surface area contributed by atoms with E-state index in [0.29, 0.717) is 17.9 Å². The molecule has 114 valence electrons. The second-order valence-corrected chi connectivity index (χ2v) is 5.55. The topological polar surface area (TPSA) is 72.0 Å². The molecule has 0 amide bonds. The van der Waals surface area contributed by atoms with E-state index in [9.17, 15) is 0 Å². The van der Waals surface area contributed by atoms with Crippen LogP contribution in [0, 0.1) is 0 Å². The minimum absolute atomic E-state index is 0.0283. The Balaban J connectivity index is 2.00. The molecular weight excluding hydrogens is 286 g/mol. The Labute approximate surface area is 129 Å². The summed E-state index contributed by atoms with van der Waals surface area (Å²) >= 11 is 1.71. The van der Waals surface area contributed by atoms with E-state index < -0.39 is 0 Å². The molecule has 2 rings (SSSR count). The molecule has 0 saturated carbocycles. The number of nitrogens with one attached hydrogen (secondary N) is 2. The van der Waals surface area contributed by atoms with Gasteiger partial charge in [-0.25, -0.2) is 0 Å². The Bertz CT molecular complexity index is 544. The third-order valence-corrected chi connectivity index (χ3v) is 3.30. The predicted octanol–water partition coefficient (Wildman–Crippen LogP) is 2.81. The van der Waals surface area contributed by atoms with Gasteiger partial charge in [0.15, 0.2) is 0 Å². The maximum atomic E-state index is 5.55. The van der Waals surface area contributed by atoms with Crippen molar-refractivity contribution in [1.82, 2.24) is 15.0 Å². The zero-order valence-electron chi connectivity index (χ0n) is 12.6. The summed E-state index contributed by atoms with van der Waals surface area (Å²) in [6, 6.07) is 2.46. The molecule has 0 fully saturated rings. The quantitative estimate of drug-likeness (QED) is 0.781. The molecular formula is C14H21N5OS. The molecule has 0 atom stereocenters. The van der Waals surface area contributed by atoms with Crippen LogP contribution in [0.4, 0.5) is 11.9 Å². The molecule has 0 radical (unpaired) electrons. The summed E-state index contributed by atoms with van der Waals surface area (Å²) in [5, 5.41) is 10.5. The van der Waals surface area contributed by atoms with Crippen molar-refractivity contribution in [2.45, 2.75) is 33.3 Å². The molecule has 0 bridgehead atoms. The molecule has 0 unspecified atom stereocenters. The second kappa shape index (κ2) is 7.78. The number of nitrogens with zero attached hydrogens (tertiary/aromatic N) is 3. The zero-order valence-corrected chi connectivity index (χ0v) is 13.4. The van der Waals surface area contributed by atoms with E-state index in [1.165, 1.54) is 5.56 Å². The first kappa shape index (κ1) is 15.5. The summed E-state index contributed by atoms with van der Waals surface area (Å²) in [4.78, 5) is 12.8. The molecule has 0 aliphatic rings. The van der Waals surface area contributed by atoms with Crippen molar-refractivity contribution in [3.8, 4) is 6.01 Å². The lowest BCUT2D eigenvalue weighted by Gasteiger charge is -2.11. The molecule has 2 aromatic rings. The van der Waals surface area contributed by atoms with Crippen LogP contribution in [0.25, 0.3) is 0 Å². The van der Waals surface area contributed by atoms with Crippen LogP contribution in [0.3, 0.4) is 0 Å².